The third-order valence-electron chi connectivity index (χ3n) is 7.98. The number of aliphatic hydroxyl groups is 1. The van der Waals surface area contributed by atoms with Crippen LogP contribution in [0.2, 0.25) is 0 Å². The zero-order chi connectivity index (χ0) is 24.7. The SMILES string of the molecule is O=C(OCC1c2ccccc2-c2ccccc21)N1C2COCC1CC(O)(CCc1ccc(F)cc1)C2. The molecule has 0 aromatic heterocycles. The number of benzene rings is 3. The molecule has 0 saturated carbocycles. The highest BCUT2D eigenvalue weighted by molar-refractivity contribution is 5.79. The Morgan fingerprint density at radius 2 is 1.53 bits per heavy atom. The van der Waals surface area contributed by atoms with E-state index in [4.69, 9.17) is 9.47 Å². The van der Waals surface area contributed by atoms with E-state index >= 15 is 0 Å². The molecule has 2 saturated heterocycles. The molecule has 2 aliphatic heterocycles. The number of piperidine rings is 1. The lowest BCUT2D eigenvalue weighted by atomic mass is 9.78. The van der Waals surface area contributed by atoms with Gasteiger partial charge < -0.3 is 14.6 Å². The minimum Gasteiger partial charge on any atom is -0.448 e. The summed E-state index contributed by atoms with van der Waals surface area (Å²) in [6.07, 6.45) is 1.76. The average molecular weight is 488 g/mol. The molecule has 0 radical (unpaired) electrons. The van der Waals surface area contributed by atoms with Crippen molar-refractivity contribution in [1.82, 2.24) is 4.90 Å². The largest absolute Gasteiger partial charge is 0.448 e. The van der Waals surface area contributed by atoms with E-state index in [1.807, 2.05) is 24.3 Å². The molecular weight excluding hydrogens is 457 g/mol. The topological polar surface area (TPSA) is 59.0 Å². The van der Waals surface area contributed by atoms with E-state index < -0.39 is 5.60 Å². The Morgan fingerprint density at radius 3 is 2.14 bits per heavy atom. The van der Waals surface area contributed by atoms with Crippen molar-refractivity contribution in [3.05, 3.63) is 95.3 Å². The molecule has 6 rings (SSSR count). The van der Waals surface area contributed by atoms with Gasteiger partial charge in [0.05, 0.1) is 30.9 Å². The van der Waals surface area contributed by atoms with Crippen LogP contribution >= 0.6 is 0 Å². The van der Waals surface area contributed by atoms with E-state index in [2.05, 4.69) is 24.3 Å². The Hall–Kier alpha value is -3.22. The number of fused-ring (bicyclic) bond motifs is 5. The van der Waals surface area contributed by atoms with Gasteiger partial charge in [-0.2, -0.15) is 0 Å². The number of carbonyl (C=O) groups is 1. The van der Waals surface area contributed by atoms with Gasteiger partial charge in [0.2, 0.25) is 0 Å². The maximum atomic E-state index is 13.3. The maximum Gasteiger partial charge on any atom is 0.410 e. The van der Waals surface area contributed by atoms with Crippen LogP contribution in [0.4, 0.5) is 9.18 Å². The normalized spacial score (nSPS) is 24.8. The summed E-state index contributed by atoms with van der Waals surface area (Å²) in [5, 5.41) is 11.4. The van der Waals surface area contributed by atoms with E-state index in [0.29, 0.717) is 38.9 Å². The van der Waals surface area contributed by atoms with Crippen LogP contribution in [-0.4, -0.2) is 53.6 Å². The molecule has 1 aliphatic carbocycles. The summed E-state index contributed by atoms with van der Waals surface area (Å²) in [5.74, 6) is -0.254. The highest BCUT2D eigenvalue weighted by Gasteiger charge is 2.48. The van der Waals surface area contributed by atoms with Crippen LogP contribution in [0.5, 0.6) is 0 Å². The molecule has 1 N–H and O–H groups in total. The van der Waals surface area contributed by atoms with Crippen LogP contribution in [0.15, 0.2) is 72.8 Å². The van der Waals surface area contributed by atoms with Gasteiger partial charge in [0.25, 0.3) is 0 Å². The molecule has 6 heteroatoms. The monoisotopic (exact) mass is 487 g/mol. The first-order valence-corrected chi connectivity index (χ1v) is 12.7. The minimum absolute atomic E-state index is 0.00914. The van der Waals surface area contributed by atoms with Crippen LogP contribution in [-0.2, 0) is 15.9 Å². The fourth-order valence-corrected chi connectivity index (χ4v) is 6.27. The number of hydrogen-bond acceptors (Lipinski definition) is 4. The second kappa shape index (κ2) is 9.34. The number of amides is 1. The maximum absolute atomic E-state index is 13.3. The second-order valence-corrected chi connectivity index (χ2v) is 10.3. The highest BCUT2D eigenvalue weighted by atomic mass is 19.1. The first kappa shape index (κ1) is 23.2. The number of ether oxygens (including phenoxy) is 2. The Bertz CT molecular complexity index is 1200. The van der Waals surface area contributed by atoms with Gasteiger partial charge >= 0.3 is 6.09 Å². The second-order valence-electron chi connectivity index (χ2n) is 10.3. The quantitative estimate of drug-likeness (QED) is 0.531. The van der Waals surface area contributed by atoms with Gasteiger partial charge in [-0.05, 0) is 65.6 Å². The van der Waals surface area contributed by atoms with Crippen molar-refractivity contribution >= 4 is 6.09 Å². The molecule has 2 atom stereocenters. The fraction of sp³-hybridized carbons (Fsp3) is 0.367. The zero-order valence-electron chi connectivity index (χ0n) is 20.1. The zero-order valence-corrected chi connectivity index (χ0v) is 20.1. The van der Waals surface area contributed by atoms with E-state index in [9.17, 15) is 14.3 Å². The Labute approximate surface area is 210 Å². The molecular formula is C30H30FNO4. The smallest absolute Gasteiger partial charge is 0.410 e. The Morgan fingerprint density at radius 1 is 0.944 bits per heavy atom. The summed E-state index contributed by atoms with van der Waals surface area (Å²) in [5.41, 5.74) is 4.86. The fourth-order valence-electron chi connectivity index (χ4n) is 6.27. The molecule has 36 heavy (non-hydrogen) atoms. The number of halogens is 1. The molecule has 3 aliphatic rings. The first-order chi connectivity index (χ1) is 17.5. The van der Waals surface area contributed by atoms with Gasteiger partial charge in [-0.15, -0.1) is 0 Å². The van der Waals surface area contributed by atoms with Crippen molar-refractivity contribution in [1.29, 1.82) is 0 Å². The average Bonchev–Trinajstić information content (AvgIpc) is 3.20. The van der Waals surface area contributed by atoms with E-state index in [0.717, 1.165) is 5.56 Å². The summed E-state index contributed by atoms with van der Waals surface area (Å²) in [4.78, 5) is 15.1. The Kier molecular flexibility index (Phi) is 6.02. The molecule has 0 spiro atoms. The lowest BCUT2D eigenvalue weighted by Crippen LogP contribution is -2.63. The van der Waals surface area contributed by atoms with Crippen LogP contribution in [0.1, 0.15) is 41.9 Å². The summed E-state index contributed by atoms with van der Waals surface area (Å²) in [6, 6.07) is 22.5. The van der Waals surface area contributed by atoms with Gasteiger partial charge in [0.15, 0.2) is 0 Å². The van der Waals surface area contributed by atoms with Crippen LogP contribution in [0, 0.1) is 5.82 Å². The van der Waals surface area contributed by atoms with Gasteiger partial charge in [-0.3, -0.25) is 4.90 Å². The van der Waals surface area contributed by atoms with Crippen molar-refractivity contribution in [2.75, 3.05) is 19.8 Å². The number of carbonyl (C=O) groups excluding carboxylic acids is 1. The van der Waals surface area contributed by atoms with Crippen LogP contribution in [0.25, 0.3) is 11.1 Å². The van der Waals surface area contributed by atoms with Crippen molar-refractivity contribution in [2.24, 2.45) is 0 Å². The van der Waals surface area contributed by atoms with Crippen LogP contribution < -0.4 is 0 Å². The van der Waals surface area contributed by atoms with E-state index in [1.54, 1.807) is 17.0 Å². The summed E-state index contributed by atoms with van der Waals surface area (Å²) >= 11 is 0. The molecule has 186 valence electrons. The third-order valence-corrected chi connectivity index (χ3v) is 7.98. The van der Waals surface area contributed by atoms with E-state index in [-0.39, 0.29) is 36.5 Å². The summed E-state index contributed by atoms with van der Waals surface area (Å²) in [6.45, 7) is 1.05. The van der Waals surface area contributed by atoms with Crippen LogP contribution in [0.3, 0.4) is 0 Å². The number of aryl methyl sites for hydroxylation is 1. The summed E-state index contributed by atoms with van der Waals surface area (Å²) in [7, 11) is 0. The van der Waals surface area contributed by atoms with Crippen molar-refractivity contribution < 1.29 is 23.8 Å². The third kappa shape index (κ3) is 4.29. The Balaban J connectivity index is 1.13. The van der Waals surface area contributed by atoms with E-state index in [1.165, 1.54) is 34.4 Å². The molecule has 3 aromatic rings. The summed E-state index contributed by atoms with van der Waals surface area (Å²) < 4.78 is 24.9. The lowest BCUT2D eigenvalue weighted by Gasteiger charge is -2.51. The van der Waals surface area contributed by atoms with Gasteiger partial charge in [0, 0.05) is 5.92 Å². The molecule has 5 nitrogen and oxygen atoms in total. The molecule has 2 bridgehead atoms. The van der Waals surface area contributed by atoms with Gasteiger partial charge in [-0.25, -0.2) is 9.18 Å². The van der Waals surface area contributed by atoms with Crippen molar-refractivity contribution in [3.8, 4) is 11.1 Å². The number of rotatable bonds is 5. The first-order valence-electron chi connectivity index (χ1n) is 12.7. The predicted octanol–water partition coefficient (Wildman–Crippen LogP) is 5.30. The molecule has 3 aromatic carbocycles. The number of morpholine rings is 1. The highest BCUT2D eigenvalue weighted by Crippen LogP contribution is 2.45. The molecule has 1 amide bonds. The predicted molar refractivity (Wildman–Crippen MR) is 134 cm³/mol. The van der Waals surface area contributed by atoms with Gasteiger partial charge in [-0.1, -0.05) is 60.7 Å². The number of nitrogens with zero attached hydrogens (tertiary/aromatic N) is 1. The standard InChI is InChI=1S/C30H30FNO4/c31-21-11-9-20(10-12-21)13-14-30(34)15-22-17-35-18-23(16-30)32(22)29(33)36-19-28-26-7-3-1-5-24(26)25-6-2-4-8-27(25)28/h1-12,22-23,28,34H,13-19H2. The molecule has 2 unspecified atom stereocenters. The number of hydrogen-bond donors (Lipinski definition) is 1. The van der Waals surface area contributed by atoms with Crippen molar-refractivity contribution in [3.63, 3.8) is 0 Å². The van der Waals surface area contributed by atoms with Gasteiger partial charge in [0.1, 0.15) is 12.4 Å². The molecule has 2 fully saturated rings. The lowest BCUT2D eigenvalue weighted by molar-refractivity contribution is -0.135. The van der Waals surface area contributed by atoms with Crippen molar-refractivity contribution in [2.45, 2.75) is 49.3 Å². The minimum atomic E-state index is -0.895. The molecule has 2 heterocycles.